The minimum atomic E-state index is -0.496. The van der Waals surface area contributed by atoms with Crippen LogP contribution in [0.5, 0.6) is 5.75 Å². The number of halogens is 1. The quantitative estimate of drug-likeness (QED) is 0.793. The van der Waals surface area contributed by atoms with Gasteiger partial charge in [-0.25, -0.2) is 4.79 Å². The van der Waals surface area contributed by atoms with Crippen LogP contribution in [-0.4, -0.2) is 23.8 Å². The van der Waals surface area contributed by atoms with E-state index in [1.165, 1.54) is 0 Å². The number of alkyl carbamates (subject to hydrolysis) is 1. The van der Waals surface area contributed by atoms with Crippen LogP contribution < -0.4 is 10.1 Å². The van der Waals surface area contributed by atoms with Crippen LogP contribution in [0.4, 0.5) is 4.79 Å². The summed E-state index contributed by atoms with van der Waals surface area (Å²) in [5.74, 6) is 0.790. The van der Waals surface area contributed by atoms with Crippen molar-refractivity contribution in [2.24, 2.45) is 0 Å². The zero-order valence-corrected chi connectivity index (χ0v) is 15.8. The van der Waals surface area contributed by atoms with Gasteiger partial charge in [0.05, 0.1) is 5.54 Å². The first-order chi connectivity index (χ1) is 11.3. The zero-order valence-electron chi connectivity index (χ0n) is 14.2. The van der Waals surface area contributed by atoms with Crippen molar-refractivity contribution in [3.8, 4) is 5.75 Å². The SMILES string of the molecule is CC(C)(C)OC(=O)NC1(COc2cc(Br)c3ccccc3c2)CC1. The number of fused-ring (bicyclic) bond motifs is 1. The Hall–Kier alpha value is -1.75. The van der Waals surface area contributed by atoms with Crippen LogP contribution in [0.2, 0.25) is 0 Å². The van der Waals surface area contributed by atoms with Crippen molar-refractivity contribution in [2.45, 2.75) is 44.8 Å². The lowest BCUT2D eigenvalue weighted by atomic mass is 10.1. The number of hydrogen-bond donors (Lipinski definition) is 1. The van der Waals surface area contributed by atoms with E-state index in [4.69, 9.17) is 9.47 Å². The molecule has 1 aliphatic carbocycles. The van der Waals surface area contributed by atoms with Crippen molar-refractivity contribution in [3.63, 3.8) is 0 Å². The highest BCUT2D eigenvalue weighted by molar-refractivity contribution is 9.10. The minimum absolute atomic E-state index is 0.305. The third-order valence-corrected chi connectivity index (χ3v) is 4.58. The molecule has 0 spiro atoms. The average Bonchev–Trinajstić information content (AvgIpc) is 3.23. The molecule has 1 aliphatic rings. The molecule has 1 saturated carbocycles. The maximum absolute atomic E-state index is 12.0. The van der Waals surface area contributed by atoms with Gasteiger partial charge < -0.3 is 14.8 Å². The van der Waals surface area contributed by atoms with E-state index >= 15 is 0 Å². The molecule has 0 saturated heterocycles. The van der Waals surface area contributed by atoms with Crippen molar-refractivity contribution in [2.75, 3.05) is 6.61 Å². The second-order valence-electron chi connectivity index (χ2n) is 7.32. The van der Waals surface area contributed by atoms with E-state index in [0.717, 1.165) is 33.8 Å². The van der Waals surface area contributed by atoms with E-state index < -0.39 is 5.60 Å². The summed E-state index contributed by atoms with van der Waals surface area (Å²) in [5.41, 5.74) is -0.801. The maximum atomic E-state index is 12.0. The summed E-state index contributed by atoms with van der Waals surface area (Å²) >= 11 is 3.59. The van der Waals surface area contributed by atoms with Crippen molar-refractivity contribution in [3.05, 3.63) is 40.9 Å². The van der Waals surface area contributed by atoms with Crippen molar-refractivity contribution in [1.29, 1.82) is 0 Å². The fourth-order valence-corrected chi connectivity index (χ4v) is 3.11. The molecule has 24 heavy (non-hydrogen) atoms. The monoisotopic (exact) mass is 391 g/mol. The Morgan fingerprint density at radius 1 is 1.25 bits per heavy atom. The molecule has 0 unspecified atom stereocenters. The Labute approximate surface area is 150 Å². The van der Waals surface area contributed by atoms with Crippen LogP contribution in [0.1, 0.15) is 33.6 Å². The third-order valence-electron chi connectivity index (χ3n) is 3.92. The Morgan fingerprint density at radius 3 is 2.62 bits per heavy atom. The number of ether oxygens (including phenoxy) is 2. The van der Waals surface area contributed by atoms with E-state index in [-0.39, 0.29) is 11.6 Å². The fraction of sp³-hybridized carbons (Fsp3) is 0.421. The van der Waals surface area contributed by atoms with E-state index in [1.807, 2.05) is 45.0 Å². The van der Waals surface area contributed by atoms with Gasteiger partial charge in [-0.15, -0.1) is 0 Å². The summed E-state index contributed by atoms with van der Waals surface area (Å²) < 4.78 is 12.3. The van der Waals surface area contributed by atoms with Gasteiger partial charge in [0.2, 0.25) is 0 Å². The average molecular weight is 392 g/mol. The molecule has 0 atom stereocenters. The molecule has 4 nitrogen and oxygen atoms in total. The topological polar surface area (TPSA) is 47.6 Å². The molecule has 1 amide bonds. The Kier molecular flexibility index (Phi) is 4.47. The lowest BCUT2D eigenvalue weighted by molar-refractivity contribution is 0.0477. The number of nitrogens with one attached hydrogen (secondary N) is 1. The first kappa shape index (κ1) is 17.1. The molecule has 0 aromatic heterocycles. The molecular weight excluding hydrogens is 370 g/mol. The van der Waals surface area contributed by atoms with Gasteiger partial charge >= 0.3 is 6.09 Å². The van der Waals surface area contributed by atoms with Crippen LogP contribution in [0.3, 0.4) is 0 Å². The third kappa shape index (κ3) is 4.20. The number of hydrogen-bond acceptors (Lipinski definition) is 3. The smallest absolute Gasteiger partial charge is 0.408 e. The molecule has 0 radical (unpaired) electrons. The van der Waals surface area contributed by atoms with Crippen LogP contribution in [0.25, 0.3) is 10.8 Å². The second-order valence-corrected chi connectivity index (χ2v) is 8.18. The molecule has 1 fully saturated rings. The molecule has 2 aromatic rings. The highest BCUT2D eigenvalue weighted by Gasteiger charge is 2.46. The molecule has 0 heterocycles. The van der Waals surface area contributed by atoms with E-state index in [2.05, 4.69) is 33.4 Å². The molecule has 128 valence electrons. The number of carbonyl (C=O) groups is 1. The van der Waals surface area contributed by atoms with Crippen molar-refractivity contribution in [1.82, 2.24) is 5.32 Å². The molecule has 0 aliphatic heterocycles. The summed E-state index contributed by atoms with van der Waals surface area (Å²) in [4.78, 5) is 12.0. The standard InChI is InChI=1S/C19H22BrNO3/c1-18(2,3)24-17(22)21-19(8-9-19)12-23-14-10-13-6-4-5-7-15(13)16(20)11-14/h4-7,10-11H,8-9,12H2,1-3H3,(H,21,22). The van der Waals surface area contributed by atoms with Gasteiger partial charge in [0, 0.05) is 4.47 Å². The van der Waals surface area contributed by atoms with Crippen LogP contribution in [0.15, 0.2) is 40.9 Å². The number of rotatable bonds is 4. The fourth-order valence-electron chi connectivity index (χ4n) is 2.52. The van der Waals surface area contributed by atoms with Crippen LogP contribution in [-0.2, 0) is 4.74 Å². The predicted octanol–water partition coefficient (Wildman–Crippen LogP) is 5.04. The van der Waals surface area contributed by atoms with Gasteiger partial charge in [0.1, 0.15) is 18.0 Å². The van der Waals surface area contributed by atoms with Crippen molar-refractivity contribution < 1.29 is 14.3 Å². The number of amides is 1. The Balaban J connectivity index is 1.64. The molecule has 0 bridgehead atoms. The highest BCUT2D eigenvalue weighted by Crippen LogP contribution is 2.37. The predicted molar refractivity (Wildman–Crippen MR) is 98.5 cm³/mol. The Morgan fingerprint density at radius 2 is 1.96 bits per heavy atom. The number of benzene rings is 2. The van der Waals surface area contributed by atoms with Crippen LogP contribution in [0, 0.1) is 0 Å². The van der Waals surface area contributed by atoms with Gasteiger partial charge in [-0.3, -0.25) is 0 Å². The second kappa shape index (κ2) is 6.28. The first-order valence-corrected chi connectivity index (χ1v) is 8.88. The highest BCUT2D eigenvalue weighted by atomic mass is 79.9. The zero-order chi connectivity index (χ0) is 17.4. The van der Waals surface area contributed by atoms with E-state index in [9.17, 15) is 4.79 Å². The lowest BCUT2D eigenvalue weighted by Crippen LogP contribution is -2.44. The lowest BCUT2D eigenvalue weighted by Gasteiger charge is -2.23. The van der Waals surface area contributed by atoms with Gasteiger partial charge in [-0.05, 0) is 56.5 Å². The summed E-state index contributed by atoms with van der Waals surface area (Å²) in [5, 5.41) is 5.22. The van der Waals surface area contributed by atoms with Crippen molar-refractivity contribution >= 4 is 32.8 Å². The normalized spacial score (nSPS) is 15.8. The summed E-state index contributed by atoms with van der Waals surface area (Å²) in [6, 6.07) is 12.1. The van der Waals surface area contributed by atoms with Gasteiger partial charge in [-0.2, -0.15) is 0 Å². The molecular formula is C19H22BrNO3. The molecule has 3 rings (SSSR count). The first-order valence-electron chi connectivity index (χ1n) is 8.09. The largest absolute Gasteiger partial charge is 0.491 e. The van der Waals surface area contributed by atoms with Gasteiger partial charge in [0.25, 0.3) is 0 Å². The van der Waals surface area contributed by atoms with Crippen LogP contribution >= 0.6 is 15.9 Å². The van der Waals surface area contributed by atoms with E-state index in [1.54, 1.807) is 0 Å². The van der Waals surface area contributed by atoms with Gasteiger partial charge in [0.15, 0.2) is 0 Å². The molecule has 1 N–H and O–H groups in total. The van der Waals surface area contributed by atoms with E-state index in [0.29, 0.717) is 6.61 Å². The summed E-state index contributed by atoms with van der Waals surface area (Å²) in [6.07, 6.45) is 1.42. The number of carbonyl (C=O) groups excluding carboxylic acids is 1. The minimum Gasteiger partial charge on any atom is -0.491 e. The summed E-state index contributed by atoms with van der Waals surface area (Å²) in [6.45, 7) is 6.01. The molecule has 5 heteroatoms. The Bertz CT molecular complexity index is 763. The maximum Gasteiger partial charge on any atom is 0.408 e. The molecule has 2 aromatic carbocycles. The van der Waals surface area contributed by atoms with Gasteiger partial charge in [-0.1, -0.05) is 40.2 Å². The summed E-state index contributed by atoms with van der Waals surface area (Å²) in [7, 11) is 0.